The fourth-order valence-corrected chi connectivity index (χ4v) is 1.32. The molecule has 3 nitrogen and oxygen atoms in total. The molecule has 1 N–H and O–H groups in total. The minimum atomic E-state index is 0.0434. The number of benzene rings is 1. The van der Waals surface area contributed by atoms with E-state index in [0.717, 1.165) is 11.1 Å². The third kappa shape index (κ3) is 2.32. The molecule has 0 saturated heterocycles. The molecule has 0 bridgehead atoms. The second kappa shape index (κ2) is 4.38. The Bertz CT molecular complexity index is 439. The molecule has 15 heavy (non-hydrogen) atoms. The predicted molar refractivity (Wildman–Crippen MR) is 58.4 cm³/mol. The maximum absolute atomic E-state index is 8.89. The summed E-state index contributed by atoms with van der Waals surface area (Å²) in [6, 6.07) is 7.42. The highest BCUT2D eigenvalue weighted by atomic mass is 35.5. The Balaban J connectivity index is 2.33. The Hall–Kier alpha value is -1.45. The van der Waals surface area contributed by atoms with Crippen molar-refractivity contribution in [3.05, 3.63) is 47.2 Å². The van der Waals surface area contributed by atoms with Gasteiger partial charge in [-0.2, -0.15) is 0 Å². The number of aliphatic hydroxyl groups excluding tert-OH is 1. The highest BCUT2D eigenvalue weighted by molar-refractivity contribution is 6.30. The van der Waals surface area contributed by atoms with E-state index in [1.807, 2.05) is 24.3 Å². The zero-order chi connectivity index (χ0) is 10.7. The van der Waals surface area contributed by atoms with Crippen LogP contribution in [0.15, 0.2) is 36.7 Å². The van der Waals surface area contributed by atoms with E-state index in [9.17, 15) is 0 Å². The van der Waals surface area contributed by atoms with Gasteiger partial charge in [0, 0.05) is 18.0 Å². The molecule has 0 aliphatic carbocycles. The molecular weight excluding hydrogens is 212 g/mol. The van der Waals surface area contributed by atoms with E-state index in [2.05, 4.69) is 9.97 Å². The van der Waals surface area contributed by atoms with Gasteiger partial charge < -0.3 is 5.11 Å². The van der Waals surface area contributed by atoms with Gasteiger partial charge in [-0.1, -0.05) is 35.9 Å². The average molecular weight is 221 g/mol. The quantitative estimate of drug-likeness (QED) is 0.845. The van der Waals surface area contributed by atoms with E-state index in [0.29, 0.717) is 10.8 Å². The van der Waals surface area contributed by atoms with E-state index in [4.69, 9.17) is 16.7 Å². The summed E-state index contributed by atoms with van der Waals surface area (Å²) in [5.74, 6) is 0.629. The van der Waals surface area contributed by atoms with Gasteiger partial charge in [-0.05, 0) is 5.56 Å². The second-order valence-corrected chi connectivity index (χ2v) is 3.52. The number of rotatable bonds is 2. The highest BCUT2D eigenvalue weighted by Crippen LogP contribution is 2.16. The third-order valence-electron chi connectivity index (χ3n) is 2.02. The van der Waals surface area contributed by atoms with Gasteiger partial charge >= 0.3 is 0 Å². The van der Waals surface area contributed by atoms with E-state index >= 15 is 0 Å². The summed E-state index contributed by atoms with van der Waals surface area (Å²) in [4.78, 5) is 8.20. The van der Waals surface area contributed by atoms with E-state index < -0.39 is 0 Å². The van der Waals surface area contributed by atoms with Crippen molar-refractivity contribution in [1.82, 2.24) is 9.97 Å². The summed E-state index contributed by atoms with van der Waals surface area (Å²) in [5.41, 5.74) is 1.77. The van der Waals surface area contributed by atoms with Crippen molar-refractivity contribution >= 4 is 11.6 Å². The maximum atomic E-state index is 8.89. The molecule has 0 aliphatic heterocycles. The van der Waals surface area contributed by atoms with Crippen LogP contribution in [0, 0.1) is 0 Å². The molecule has 1 heterocycles. The van der Waals surface area contributed by atoms with Crippen molar-refractivity contribution in [2.45, 2.75) is 6.61 Å². The zero-order valence-corrected chi connectivity index (χ0v) is 8.65. The summed E-state index contributed by atoms with van der Waals surface area (Å²) in [6.07, 6.45) is 3.12. The second-order valence-electron chi connectivity index (χ2n) is 3.08. The number of hydrogen-bond donors (Lipinski definition) is 1. The molecule has 0 aliphatic rings. The smallest absolute Gasteiger partial charge is 0.159 e. The van der Waals surface area contributed by atoms with Gasteiger partial charge in [-0.25, -0.2) is 9.97 Å². The molecular formula is C11H9ClN2O. The average Bonchev–Trinajstić information content (AvgIpc) is 2.30. The number of aromatic nitrogens is 2. The Kier molecular flexibility index (Phi) is 2.94. The predicted octanol–water partition coefficient (Wildman–Crippen LogP) is 2.29. The first-order valence-corrected chi connectivity index (χ1v) is 4.85. The van der Waals surface area contributed by atoms with Gasteiger partial charge in [-0.3, -0.25) is 0 Å². The fourth-order valence-electron chi connectivity index (χ4n) is 1.22. The molecule has 2 rings (SSSR count). The van der Waals surface area contributed by atoms with E-state index in [1.165, 1.54) is 0 Å². The maximum Gasteiger partial charge on any atom is 0.159 e. The van der Waals surface area contributed by atoms with Crippen molar-refractivity contribution in [2.75, 3.05) is 0 Å². The molecule has 0 atom stereocenters. The first kappa shape index (κ1) is 10.1. The third-order valence-corrected chi connectivity index (χ3v) is 2.21. The van der Waals surface area contributed by atoms with Crippen LogP contribution in [0.5, 0.6) is 0 Å². The summed E-state index contributed by atoms with van der Waals surface area (Å²) < 4.78 is 0. The molecule has 1 aromatic carbocycles. The van der Waals surface area contributed by atoms with Crippen molar-refractivity contribution in [1.29, 1.82) is 0 Å². The molecule has 2 aromatic rings. The number of hydrogen-bond acceptors (Lipinski definition) is 3. The summed E-state index contributed by atoms with van der Waals surface area (Å²) in [7, 11) is 0. The van der Waals surface area contributed by atoms with Crippen LogP contribution in [0.4, 0.5) is 0 Å². The Morgan fingerprint density at radius 2 is 1.67 bits per heavy atom. The molecule has 4 heteroatoms. The van der Waals surface area contributed by atoms with Crippen molar-refractivity contribution in [3.8, 4) is 11.4 Å². The lowest BCUT2D eigenvalue weighted by Gasteiger charge is -2.00. The number of halogens is 1. The van der Waals surface area contributed by atoms with Gasteiger partial charge in [0.25, 0.3) is 0 Å². The van der Waals surface area contributed by atoms with Crippen LogP contribution in [0.1, 0.15) is 5.56 Å². The van der Waals surface area contributed by atoms with Gasteiger partial charge in [-0.15, -0.1) is 0 Å². The fraction of sp³-hybridized carbons (Fsp3) is 0.0909. The Morgan fingerprint density at radius 1 is 1.07 bits per heavy atom. The van der Waals surface area contributed by atoms with Crippen LogP contribution < -0.4 is 0 Å². The minimum absolute atomic E-state index is 0.0434. The van der Waals surface area contributed by atoms with Crippen LogP contribution in [-0.2, 0) is 6.61 Å². The topological polar surface area (TPSA) is 46.0 Å². The Morgan fingerprint density at radius 3 is 2.20 bits per heavy atom. The molecule has 0 radical (unpaired) electrons. The van der Waals surface area contributed by atoms with Crippen LogP contribution in [0.2, 0.25) is 5.02 Å². The number of aliphatic hydroxyl groups is 1. The van der Waals surface area contributed by atoms with Crippen LogP contribution in [0.3, 0.4) is 0 Å². The lowest BCUT2D eigenvalue weighted by atomic mass is 10.1. The van der Waals surface area contributed by atoms with Gasteiger partial charge in [0.2, 0.25) is 0 Å². The van der Waals surface area contributed by atoms with Gasteiger partial charge in [0.1, 0.15) is 0 Å². The molecule has 1 aromatic heterocycles. The standard InChI is InChI=1S/C11H9ClN2O/c12-10-5-13-11(14-6-10)9-3-1-8(7-15)2-4-9/h1-6,15H,7H2. The van der Waals surface area contributed by atoms with E-state index in [-0.39, 0.29) is 6.61 Å². The van der Waals surface area contributed by atoms with E-state index in [1.54, 1.807) is 12.4 Å². The summed E-state index contributed by atoms with van der Waals surface area (Å²) in [6.45, 7) is 0.0434. The minimum Gasteiger partial charge on any atom is -0.392 e. The van der Waals surface area contributed by atoms with Crippen molar-refractivity contribution in [2.24, 2.45) is 0 Å². The SMILES string of the molecule is OCc1ccc(-c2ncc(Cl)cn2)cc1. The Labute approximate surface area is 92.4 Å². The summed E-state index contributed by atoms with van der Waals surface area (Å²) in [5, 5.41) is 9.41. The molecule has 0 spiro atoms. The lowest BCUT2D eigenvalue weighted by molar-refractivity contribution is 0.282. The highest BCUT2D eigenvalue weighted by Gasteiger charge is 2.00. The monoisotopic (exact) mass is 220 g/mol. The molecule has 0 fully saturated rings. The van der Waals surface area contributed by atoms with Crippen LogP contribution >= 0.6 is 11.6 Å². The van der Waals surface area contributed by atoms with Gasteiger partial charge in [0.05, 0.1) is 11.6 Å². The first-order valence-electron chi connectivity index (χ1n) is 4.47. The molecule has 0 amide bonds. The normalized spacial score (nSPS) is 10.3. The summed E-state index contributed by atoms with van der Waals surface area (Å²) >= 11 is 5.69. The molecule has 0 saturated carbocycles. The largest absolute Gasteiger partial charge is 0.392 e. The van der Waals surface area contributed by atoms with Crippen molar-refractivity contribution in [3.63, 3.8) is 0 Å². The van der Waals surface area contributed by atoms with Gasteiger partial charge in [0.15, 0.2) is 5.82 Å². The van der Waals surface area contributed by atoms with Crippen molar-refractivity contribution < 1.29 is 5.11 Å². The first-order chi connectivity index (χ1) is 7.29. The number of nitrogens with zero attached hydrogens (tertiary/aromatic N) is 2. The molecule has 76 valence electrons. The zero-order valence-electron chi connectivity index (χ0n) is 7.89. The lowest BCUT2D eigenvalue weighted by Crippen LogP contribution is -1.88. The van der Waals surface area contributed by atoms with Crippen LogP contribution in [0.25, 0.3) is 11.4 Å². The molecule has 0 unspecified atom stereocenters. The van der Waals surface area contributed by atoms with Crippen LogP contribution in [-0.4, -0.2) is 15.1 Å².